The second-order valence-corrected chi connectivity index (χ2v) is 9.46. The standard InChI is InChI=1S/C29H32FN3O4/c1-18-27(19(2)32-15-14-21(16-32)20-8-10-22(30)11-9-20)29(34)33(26(31-18)17-37-23-12-13-23)28-24(35-3)6-5-7-25(28)36-4/h5-11,21,23,34H,1-2,12-17H2,3-4H3. The van der Waals surface area contributed by atoms with Crippen molar-refractivity contribution >= 4 is 11.5 Å². The molecular formula is C29H32FN3O4. The van der Waals surface area contributed by atoms with Crippen molar-refractivity contribution in [3.8, 4) is 11.5 Å². The molecule has 3 aliphatic rings. The lowest BCUT2D eigenvalue weighted by molar-refractivity contribution is 0.155. The van der Waals surface area contributed by atoms with E-state index in [9.17, 15) is 9.50 Å². The van der Waals surface area contributed by atoms with Crippen LogP contribution in [0.3, 0.4) is 0 Å². The molecule has 0 spiro atoms. The predicted octanol–water partition coefficient (Wildman–Crippen LogP) is 5.53. The molecule has 7 nitrogen and oxygen atoms in total. The first-order valence-corrected chi connectivity index (χ1v) is 12.4. The van der Waals surface area contributed by atoms with Crippen LogP contribution in [0.15, 0.2) is 83.5 Å². The molecule has 2 aromatic carbocycles. The number of halogens is 1. The second-order valence-electron chi connectivity index (χ2n) is 9.46. The number of hydrogen-bond donors (Lipinski definition) is 1. The van der Waals surface area contributed by atoms with Gasteiger partial charge >= 0.3 is 0 Å². The molecule has 37 heavy (non-hydrogen) atoms. The minimum absolute atomic E-state index is 0.0626. The van der Waals surface area contributed by atoms with E-state index in [4.69, 9.17) is 19.2 Å². The molecule has 0 bridgehead atoms. The third-order valence-electron chi connectivity index (χ3n) is 7.04. The van der Waals surface area contributed by atoms with Gasteiger partial charge in [-0.1, -0.05) is 31.4 Å². The Bertz CT molecular complexity index is 1240. The highest BCUT2D eigenvalue weighted by Gasteiger charge is 2.36. The molecule has 1 atom stereocenters. The van der Waals surface area contributed by atoms with E-state index in [0.29, 0.717) is 46.5 Å². The number of aliphatic hydroxyl groups is 1. The van der Waals surface area contributed by atoms with Crippen LogP contribution in [0.4, 0.5) is 10.1 Å². The molecule has 2 heterocycles. The smallest absolute Gasteiger partial charge is 0.209 e. The number of amidine groups is 1. The van der Waals surface area contributed by atoms with Crippen molar-refractivity contribution in [3.05, 3.63) is 89.9 Å². The fourth-order valence-corrected chi connectivity index (χ4v) is 4.90. The van der Waals surface area contributed by atoms with Gasteiger partial charge in [0.15, 0.2) is 0 Å². The monoisotopic (exact) mass is 505 g/mol. The molecule has 0 amide bonds. The number of ether oxygens (including phenoxy) is 3. The molecule has 1 N–H and O–H groups in total. The summed E-state index contributed by atoms with van der Waals surface area (Å²) in [6.45, 7) is 10.1. The SMILES string of the molecule is C=C1N=C(COC2CC2)N(c2c(OC)cccc2OC)C(O)=C1C(=C)N1CCC(c2ccc(F)cc2)C1. The number of rotatable bonds is 9. The van der Waals surface area contributed by atoms with Gasteiger partial charge < -0.3 is 24.2 Å². The number of aliphatic imine (C=N–C) groups is 1. The number of methoxy groups -OCH3 is 2. The van der Waals surface area contributed by atoms with Gasteiger partial charge in [0.05, 0.1) is 31.6 Å². The van der Waals surface area contributed by atoms with E-state index in [-0.39, 0.29) is 30.3 Å². The number of nitrogens with zero attached hydrogens (tertiary/aromatic N) is 3. The van der Waals surface area contributed by atoms with Gasteiger partial charge in [-0.3, -0.25) is 4.90 Å². The molecule has 1 saturated carbocycles. The third-order valence-corrected chi connectivity index (χ3v) is 7.04. The maximum atomic E-state index is 13.4. The van der Waals surface area contributed by atoms with Gasteiger partial charge in [-0.2, -0.15) is 0 Å². The summed E-state index contributed by atoms with van der Waals surface area (Å²) in [5.74, 6) is 1.43. The number of hydrogen-bond acceptors (Lipinski definition) is 7. The summed E-state index contributed by atoms with van der Waals surface area (Å²) in [4.78, 5) is 8.50. The Morgan fingerprint density at radius 3 is 2.38 bits per heavy atom. The zero-order valence-electron chi connectivity index (χ0n) is 21.2. The predicted molar refractivity (Wildman–Crippen MR) is 142 cm³/mol. The lowest BCUT2D eigenvalue weighted by atomic mass is 9.98. The van der Waals surface area contributed by atoms with Crippen molar-refractivity contribution in [1.29, 1.82) is 0 Å². The van der Waals surface area contributed by atoms with Crippen LogP contribution in [0, 0.1) is 5.82 Å². The number of aliphatic hydroxyl groups excluding tert-OH is 1. The van der Waals surface area contributed by atoms with Crippen molar-refractivity contribution < 1.29 is 23.7 Å². The van der Waals surface area contributed by atoms with Crippen LogP contribution in [-0.2, 0) is 4.74 Å². The number of likely N-dealkylation sites (tertiary alicyclic amines) is 1. The summed E-state index contributed by atoms with van der Waals surface area (Å²) >= 11 is 0. The molecule has 1 saturated heterocycles. The Balaban J connectivity index is 1.49. The van der Waals surface area contributed by atoms with Crippen molar-refractivity contribution in [2.45, 2.75) is 31.3 Å². The van der Waals surface area contributed by atoms with Crippen LogP contribution >= 0.6 is 0 Å². The summed E-state index contributed by atoms with van der Waals surface area (Å²) < 4.78 is 30.7. The first-order chi connectivity index (χ1) is 17.9. The molecule has 8 heteroatoms. The average molecular weight is 506 g/mol. The van der Waals surface area contributed by atoms with Gasteiger partial charge in [-0.25, -0.2) is 9.38 Å². The van der Waals surface area contributed by atoms with Gasteiger partial charge in [0, 0.05) is 24.7 Å². The molecule has 194 valence electrons. The third kappa shape index (κ3) is 4.93. The Morgan fingerprint density at radius 2 is 1.76 bits per heavy atom. The van der Waals surface area contributed by atoms with Gasteiger partial charge in [0.25, 0.3) is 0 Å². The number of benzene rings is 2. The van der Waals surface area contributed by atoms with Crippen molar-refractivity contribution in [2.75, 3.05) is 38.8 Å². The topological polar surface area (TPSA) is 66.8 Å². The van der Waals surface area contributed by atoms with Crippen LogP contribution in [0.2, 0.25) is 0 Å². The Labute approximate surface area is 216 Å². The molecule has 0 radical (unpaired) electrons. The molecule has 1 aliphatic carbocycles. The second kappa shape index (κ2) is 10.3. The molecule has 2 fully saturated rings. The highest BCUT2D eigenvalue weighted by molar-refractivity contribution is 6.05. The summed E-state index contributed by atoms with van der Waals surface area (Å²) in [5, 5.41) is 11.8. The Kier molecular flexibility index (Phi) is 6.93. The molecule has 2 aliphatic heterocycles. The Hall–Kier alpha value is -3.78. The van der Waals surface area contributed by atoms with E-state index >= 15 is 0 Å². The van der Waals surface area contributed by atoms with Crippen LogP contribution in [-0.4, -0.2) is 55.9 Å². The van der Waals surface area contributed by atoms with Crippen LogP contribution in [0.25, 0.3) is 0 Å². The van der Waals surface area contributed by atoms with Crippen molar-refractivity contribution in [2.24, 2.45) is 4.99 Å². The maximum absolute atomic E-state index is 13.4. The summed E-state index contributed by atoms with van der Waals surface area (Å²) in [5.41, 5.74) is 3.08. The highest BCUT2D eigenvalue weighted by atomic mass is 19.1. The van der Waals surface area contributed by atoms with E-state index in [0.717, 1.165) is 31.4 Å². The summed E-state index contributed by atoms with van der Waals surface area (Å²) in [6, 6.07) is 12.1. The van der Waals surface area contributed by atoms with Gasteiger partial charge in [0.1, 0.15) is 35.4 Å². The first-order valence-electron chi connectivity index (χ1n) is 12.4. The lowest BCUT2D eigenvalue weighted by Gasteiger charge is -2.34. The molecule has 1 unspecified atom stereocenters. The minimum Gasteiger partial charge on any atom is -0.494 e. The minimum atomic E-state index is -0.247. The zero-order valence-corrected chi connectivity index (χ0v) is 21.2. The molecular weight excluding hydrogens is 473 g/mol. The highest BCUT2D eigenvalue weighted by Crippen LogP contribution is 2.44. The fraction of sp³-hybridized carbons (Fsp3) is 0.345. The van der Waals surface area contributed by atoms with Crippen LogP contribution < -0.4 is 14.4 Å². The fourth-order valence-electron chi connectivity index (χ4n) is 4.90. The average Bonchev–Trinajstić information content (AvgIpc) is 3.60. The largest absolute Gasteiger partial charge is 0.494 e. The molecule has 2 aromatic rings. The van der Waals surface area contributed by atoms with Crippen molar-refractivity contribution in [3.63, 3.8) is 0 Å². The summed E-state index contributed by atoms with van der Waals surface area (Å²) in [7, 11) is 3.14. The maximum Gasteiger partial charge on any atom is 0.209 e. The quantitative estimate of drug-likeness (QED) is 0.484. The lowest BCUT2D eigenvalue weighted by Crippen LogP contribution is -2.39. The summed E-state index contributed by atoms with van der Waals surface area (Å²) in [6.07, 6.45) is 3.12. The van der Waals surface area contributed by atoms with E-state index < -0.39 is 0 Å². The van der Waals surface area contributed by atoms with Gasteiger partial charge in [-0.05, 0) is 49.1 Å². The first kappa shape index (κ1) is 24.9. The van der Waals surface area contributed by atoms with E-state index in [1.807, 2.05) is 18.2 Å². The molecule has 5 rings (SSSR count). The van der Waals surface area contributed by atoms with Gasteiger partial charge in [0.2, 0.25) is 5.88 Å². The Morgan fingerprint density at radius 1 is 1.08 bits per heavy atom. The van der Waals surface area contributed by atoms with E-state index in [2.05, 4.69) is 18.1 Å². The number of anilines is 1. The van der Waals surface area contributed by atoms with E-state index in [1.165, 1.54) is 12.1 Å². The van der Waals surface area contributed by atoms with Crippen LogP contribution in [0.5, 0.6) is 11.5 Å². The van der Waals surface area contributed by atoms with E-state index in [1.54, 1.807) is 31.3 Å². The normalized spacial score (nSPS) is 19.8. The zero-order chi connectivity index (χ0) is 26.1. The van der Waals surface area contributed by atoms with Gasteiger partial charge in [-0.15, -0.1) is 0 Å². The molecule has 0 aromatic heterocycles. The number of para-hydroxylation sites is 1. The van der Waals surface area contributed by atoms with Crippen molar-refractivity contribution in [1.82, 2.24) is 4.90 Å². The van der Waals surface area contributed by atoms with Crippen LogP contribution in [0.1, 0.15) is 30.7 Å².